The van der Waals surface area contributed by atoms with Crippen molar-refractivity contribution in [2.45, 2.75) is 52.5 Å². The Kier molecular flexibility index (Phi) is 8.78. The smallest absolute Gasteiger partial charge is 0.316 e. The van der Waals surface area contributed by atoms with Crippen molar-refractivity contribution in [2.24, 2.45) is 5.92 Å². The average Bonchev–Trinajstić information content (AvgIpc) is 3.13. The molecule has 1 saturated heterocycles. The van der Waals surface area contributed by atoms with Crippen LogP contribution in [0.2, 0.25) is 0 Å². The monoisotopic (exact) mass is 417 g/mol. The number of thiol groups is 1. The Balaban J connectivity index is 2.37. The lowest BCUT2D eigenvalue weighted by Gasteiger charge is -2.33. The molecule has 0 aliphatic carbocycles. The van der Waals surface area contributed by atoms with Crippen molar-refractivity contribution in [3.8, 4) is 6.07 Å². The van der Waals surface area contributed by atoms with Gasteiger partial charge in [0, 0.05) is 24.5 Å². The molecule has 1 aliphatic heterocycles. The van der Waals surface area contributed by atoms with Crippen molar-refractivity contribution in [2.75, 3.05) is 18.8 Å². The van der Waals surface area contributed by atoms with Crippen LogP contribution in [0.15, 0.2) is 30.5 Å². The summed E-state index contributed by atoms with van der Waals surface area (Å²) in [7, 11) is 1.36. The maximum atomic E-state index is 13.3. The first-order chi connectivity index (χ1) is 13.5. The number of carbonyl (C=O) groups excluding carboxylic acids is 1. The van der Waals surface area contributed by atoms with E-state index in [0.29, 0.717) is 25.3 Å². The summed E-state index contributed by atoms with van der Waals surface area (Å²) in [5.74, 6) is 0.408. The van der Waals surface area contributed by atoms with Crippen LogP contribution in [-0.2, 0) is 12.8 Å². The molecule has 28 heavy (non-hydrogen) atoms. The van der Waals surface area contributed by atoms with Crippen LogP contribution in [0.5, 0.6) is 0 Å². The quantitative estimate of drug-likeness (QED) is 0.441. The Morgan fingerprint density at radius 2 is 2.14 bits per heavy atom. The molecule has 2 unspecified atom stereocenters. The van der Waals surface area contributed by atoms with E-state index in [9.17, 15) is 10.1 Å². The van der Waals surface area contributed by atoms with Crippen LogP contribution < -0.4 is 0 Å². The van der Waals surface area contributed by atoms with Gasteiger partial charge in [-0.05, 0) is 42.9 Å². The first-order valence-corrected chi connectivity index (χ1v) is 12.1. The van der Waals surface area contributed by atoms with E-state index in [1.54, 1.807) is 4.90 Å². The normalized spacial score (nSPS) is 18.8. The first kappa shape index (κ1) is 22.7. The Morgan fingerprint density at radius 1 is 1.39 bits per heavy atom. The van der Waals surface area contributed by atoms with E-state index < -0.39 is 0 Å². The molecule has 2 rings (SSSR count). The predicted molar refractivity (Wildman–Crippen MR) is 121 cm³/mol. The average molecular weight is 418 g/mol. The molecule has 1 aromatic carbocycles. The largest absolute Gasteiger partial charge is 0.324 e. The zero-order valence-electron chi connectivity index (χ0n) is 17.1. The van der Waals surface area contributed by atoms with Gasteiger partial charge in [0.2, 0.25) is 0 Å². The second-order valence-corrected chi connectivity index (χ2v) is 8.48. The van der Waals surface area contributed by atoms with Crippen LogP contribution in [-0.4, -0.2) is 34.7 Å². The Morgan fingerprint density at radius 3 is 2.71 bits per heavy atom. The SMILES string of the molecule is C=C(CSS)N(CC)C(=O)N1CCC(C#N)C1c1ccc(CCC)c(CC)c1. The van der Waals surface area contributed by atoms with E-state index in [-0.39, 0.29) is 18.0 Å². The molecule has 2 amide bonds. The number of likely N-dealkylation sites (tertiary alicyclic amines) is 1. The fraction of sp³-hybridized carbons (Fsp3) is 0.545. The van der Waals surface area contributed by atoms with Crippen molar-refractivity contribution in [1.82, 2.24) is 9.80 Å². The van der Waals surface area contributed by atoms with Crippen LogP contribution in [0, 0.1) is 17.2 Å². The third-order valence-electron chi connectivity index (χ3n) is 5.44. The number of amides is 2. The summed E-state index contributed by atoms with van der Waals surface area (Å²) in [6, 6.07) is 8.67. The third-order valence-corrected chi connectivity index (χ3v) is 6.29. The fourth-order valence-electron chi connectivity index (χ4n) is 4.03. The van der Waals surface area contributed by atoms with Gasteiger partial charge in [-0.2, -0.15) is 5.26 Å². The van der Waals surface area contributed by atoms with Gasteiger partial charge in [0.25, 0.3) is 0 Å². The predicted octanol–water partition coefficient (Wildman–Crippen LogP) is 5.62. The van der Waals surface area contributed by atoms with Gasteiger partial charge >= 0.3 is 6.03 Å². The summed E-state index contributed by atoms with van der Waals surface area (Å²) in [4.78, 5) is 16.9. The molecule has 0 spiro atoms. The summed E-state index contributed by atoms with van der Waals surface area (Å²) in [5, 5.41) is 9.72. The maximum Gasteiger partial charge on any atom is 0.324 e. The summed E-state index contributed by atoms with van der Waals surface area (Å²) < 4.78 is 0. The minimum atomic E-state index is -0.205. The van der Waals surface area contributed by atoms with Crippen LogP contribution in [0.1, 0.15) is 56.3 Å². The number of urea groups is 1. The van der Waals surface area contributed by atoms with Gasteiger partial charge in [-0.1, -0.05) is 55.8 Å². The van der Waals surface area contributed by atoms with Crippen molar-refractivity contribution < 1.29 is 4.79 Å². The van der Waals surface area contributed by atoms with Gasteiger partial charge in [-0.25, -0.2) is 4.79 Å². The molecule has 152 valence electrons. The van der Waals surface area contributed by atoms with E-state index >= 15 is 0 Å². The number of benzene rings is 1. The van der Waals surface area contributed by atoms with Gasteiger partial charge in [-0.15, -0.1) is 11.7 Å². The number of nitriles is 1. The molecular formula is C22H31N3OS2. The van der Waals surface area contributed by atoms with Crippen LogP contribution in [0.3, 0.4) is 0 Å². The van der Waals surface area contributed by atoms with Gasteiger partial charge in [0.05, 0.1) is 18.0 Å². The number of aryl methyl sites for hydroxylation is 2. The zero-order chi connectivity index (χ0) is 20.7. The zero-order valence-corrected chi connectivity index (χ0v) is 18.9. The summed E-state index contributed by atoms with van der Waals surface area (Å²) in [6.07, 6.45) is 3.83. The standard InChI is InChI=1S/C22H31N3OS2/c1-5-8-18-9-10-19(13-17(18)6-2)21-20(14-23)11-12-25(21)22(26)24(7-3)16(4)15-28-27/h9-10,13,20-21,27H,4-8,11-12,15H2,1-3H3. The number of nitrogens with zero attached hydrogens (tertiary/aromatic N) is 3. The lowest BCUT2D eigenvalue weighted by molar-refractivity contribution is 0.159. The van der Waals surface area contributed by atoms with Crippen molar-refractivity contribution in [3.05, 3.63) is 47.2 Å². The second kappa shape index (κ2) is 10.8. The molecule has 1 aliphatic rings. The number of hydrogen-bond acceptors (Lipinski definition) is 4. The summed E-state index contributed by atoms with van der Waals surface area (Å²) >= 11 is 4.19. The number of rotatable bonds is 8. The molecule has 1 fully saturated rings. The van der Waals surface area contributed by atoms with Crippen molar-refractivity contribution in [3.63, 3.8) is 0 Å². The van der Waals surface area contributed by atoms with Crippen LogP contribution >= 0.6 is 22.5 Å². The Bertz CT molecular complexity index is 744. The van der Waals surface area contributed by atoms with Crippen molar-refractivity contribution >= 4 is 28.5 Å². The lowest BCUT2D eigenvalue weighted by atomic mass is 9.90. The Labute approximate surface area is 178 Å². The molecule has 0 N–H and O–H groups in total. The molecule has 2 atom stereocenters. The highest BCUT2D eigenvalue weighted by atomic mass is 33.1. The van der Waals surface area contributed by atoms with Gasteiger partial charge in [-0.3, -0.25) is 4.90 Å². The molecule has 0 bridgehead atoms. The molecule has 1 heterocycles. The summed E-state index contributed by atoms with van der Waals surface area (Å²) in [6.45, 7) is 11.5. The minimum Gasteiger partial charge on any atom is -0.316 e. The van der Waals surface area contributed by atoms with E-state index in [0.717, 1.165) is 30.5 Å². The number of carbonyl (C=O) groups is 1. The molecule has 0 radical (unpaired) electrons. The van der Waals surface area contributed by atoms with E-state index in [2.05, 4.69) is 56.4 Å². The fourth-order valence-corrected chi connectivity index (χ4v) is 4.78. The van der Waals surface area contributed by atoms with Gasteiger partial charge in [0.15, 0.2) is 0 Å². The molecule has 6 heteroatoms. The van der Waals surface area contributed by atoms with E-state index in [1.807, 2.05) is 11.8 Å². The molecule has 4 nitrogen and oxygen atoms in total. The molecule has 1 aromatic rings. The summed E-state index contributed by atoms with van der Waals surface area (Å²) in [5.41, 5.74) is 4.50. The van der Waals surface area contributed by atoms with E-state index in [1.165, 1.54) is 21.9 Å². The number of hydrogen-bond donors (Lipinski definition) is 1. The molecule has 0 aromatic heterocycles. The minimum absolute atomic E-state index is 0.0617. The van der Waals surface area contributed by atoms with E-state index in [4.69, 9.17) is 0 Å². The topological polar surface area (TPSA) is 47.3 Å². The lowest BCUT2D eigenvalue weighted by Crippen LogP contribution is -2.43. The third kappa shape index (κ3) is 4.87. The van der Waals surface area contributed by atoms with Crippen molar-refractivity contribution in [1.29, 1.82) is 5.26 Å². The maximum absolute atomic E-state index is 13.3. The second-order valence-electron chi connectivity index (χ2n) is 7.16. The van der Waals surface area contributed by atoms with Gasteiger partial charge < -0.3 is 4.90 Å². The van der Waals surface area contributed by atoms with Crippen LogP contribution in [0.4, 0.5) is 4.79 Å². The highest BCUT2D eigenvalue weighted by Crippen LogP contribution is 2.39. The Hall–Kier alpha value is -1.58. The highest BCUT2D eigenvalue weighted by molar-refractivity contribution is 8.68. The van der Waals surface area contributed by atoms with Gasteiger partial charge in [0.1, 0.15) is 0 Å². The molecular weight excluding hydrogens is 386 g/mol. The first-order valence-electron chi connectivity index (χ1n) is 10.1. The highest BCUT2D eigenvalue weighted by Gasteiger charge is 2.40. The molecule has 0 saturated carbocycles. The van der Waals surface area contributed by atoms with Crippen LogP contribution in [0.25, 0.3) is 0 Å².